The van der Waals surface area contributed by atoms with E-state index in [1.54, 1.807) is 0 Å². The molecule has 0 saturated heterocycles. The summed E-state index contributed by atoms with van der Waals surface area (Å²) in [4.78, 5) is 0. The van der Waals surface area contributed by atoms with E-state index in [-0.39, 0.29) is 0 Å². The summed E-state index contributed by atoms with van der Waals surface area (Å²) in [6.45, 7) is 9.24. The van der Waals surface area contributed by atoms with Crippen LogP contribution in [0, 0.1) is 0 Å². The van der Waals surface area contributed by atoms with E-state index in [9.17, 15) is 0 Å². The van der Waals surface area contributed by atoms with E-state index in [1.165, 1.54) is 72.2 Å². The molecule has 0 unspecified atom stereocenters. The molecule has 0 aromatic carbocycles. The molecule has 0 aliphatic carbocycles. The van der Waals surface area contributed by atoms with Crippen molar-refractivity contribution in [1.29, 1.82) is 0 Å². The fourth-order valence-corrected chi connectivity index (χ4v) is 17.5. The first kappa shape index (κ1) is 18.8. The predicted molar refractivity (Wildman–Crippen MR) is 90.5 cm³/mol. The van der Waals surface area contributed by atoms with Gasteiger partial charge in [-0.05, 0) is 0 Å². The van der Waals surface area contributed by atoms with E-state index in [4.69, 9.17) is 9.95 Å². The van der Waals surface area contributed by atoms with Crippen molar-refractivity contribution in [3.05, 3.63) is 0 Å². The van der Waals surface area contributed by atoms with Gasteiger partial charge >= 0.3 is 121 Å². The normalized spacial score (nSPS) is 14.4. The molecule has 0 heterocycles. The maximum atomic E-state index is 7.49. The average Bonchev–Trinajstić information content (AvgIpc) is 2.40. The molecule has 0 bridgehead atoms. The van der Waals surface area contributed by atoms with Crippen LogP contribution in [0.3, 0.4) is 0 Å². The Bertz CT molecular complexity index is 160. The second-order valence-electron chi connectivity index (χ2n) is 6.13. The Morgan fingerprint density at radius 2 is 0.778 bits per heavy atom. The second kappa shape index (κ2) is 9.71. The van der Waals surface area contributed by atoms with Gasteiger partial charge in [0.05, 0.1) is 0 Å². The molecule has 0 aliphatic rings. The van der Waals surface area contributed by atoms with Crippen LogP contribution in [0.2, 0.25) is 20.8 Å². The Balaban J connectivity index is 4.82. The first-order valence-corrected chi connectivity index (χ1v) is 16.0. The summed E-state index contributed by atoms with van der Waals surface area (Å²) < 4.78 is 0. The molecule has 112 valence electrons. The van der Waals surface area contributed by atoms with Crippen molar-refractivity contribution in [2.24, 2.45) is 0 Å². The van der Waals surface area contributed by atoms with Gasteiger partial charge in [0, 0.05) is 0 Å². The fraction of sp³-hybridized carbons (Fsp3) is 1.00. The molecule has 0 fully saturated rings. The molecular formula is C16H36AsCl. The summed E-state index contributed by atoms with van der Waals surface area (Å²) in [7, 11) is 7.49. The van der Waals surface area contributed by atoms with Gasteiger partial charge in [-0.25, -0.2) is 0 Å². The Kier molecular flexibility index (Phi) is 10.2. The molecule has 18 heavy (non-hydrogen) atoms. The topological polar surface area (TPSA) is 0 Å². The molecule has 0 aromatic heterocycles. The van der Waals surface area contributed by atoms with Crippen LogP contribution in [-0.4, -0.2) is 11.5 Å². The Hall–Kier alpha value is 0.848. The van der Waals surface area contributed by atoms with Gasteiger partial charge in [0.1, 0.15) is 0 Å². The summed E-state index contributed by atoms with van der Waals surface area (Å²) in [6.07, 6.45) is 10.7. The quantitative estimate of drug-likeness (QED) is 0.327. The van der Waals surface area contributed by atoms with Gasteiger partial charge in [-0.1, -0.05) is 0 Å². The van der Waals surface area contributed by atoms with Gasteiger partial charge in [-0.15, -0.1) is 0 Å². The number of unbranched alkanes of at least 4 members (excludes halogenated alkanes) is 4. The van der Waals surface area contributed by atoms with E-state index in [0.29, 0.717) is 0 Å². The number of rotatable bonds is 12. The standard InChI is InChI=1S/C16H36AsCl/c1-5-9-13-17(18,14-10-6-2,15-11-7-3)16-12-8-4/h5-16H2,1-4H3. The third-order valence-corrected chi connectivity index (χ3v) is 19.8. The van der Waals surface area contributed by atoms with Gasteiger partial charge < -0.3 is 0 Å². The van der Waals surface area contributed by atoms with Crippen LogP contribution in [0.5, 0.6) is 0 Å². The van der Waals surface area contributed by atoms with Crippen molar-refractivity contribution in [2.75, 3.05) is 0 Å². The first-order chi connectivity index (χ1) is 8.54. The molecule has 0 nitrogen and oxygen atoms in total. The van der Waals surface area contributed by atoms with Gasteiger partial charge in [-0.3, -0.25) is 0 Å². The molecule has 0 amide bonds. The summed E-state index contributed by atoms with van der Waals surface area (Å²) in [5.41, 5.74) is 0. The first-order valence-electron chi connectivity index (χ1n) is 8.26. The third-order valence-electron chi connectivity index (χ3n) is 4.28. The number of hydrogen-bond donors (Lipinski definition) is 0. The van der Waals surface area contributed by atoms with E-state index in [1.807, 2.05) is 0 Å². The van der Waals surface area contributed by atoms with Crippen molar-refractivity contribution in [2.45, 2.75) is 99.9 Å². The third kappa shape index (κ3) is 6.85. The van der Waals surface area contributed by atoms with Crippen molar-refractivity contribution in [3.8, 4) is 0 Å². The Morgan fingerprint density at radius 3 is 0.944 bits per heavy atom. The van der Waals surface area contributed by atoms with Crippen LogP contribution in [0.1, 0.15) is 79.1 Å². The van der Waals surface area contributed by atoms with Crippen molar-refractivity contribution in [1.82, 2.24) is 0 Å². The summed E-state index contributed by atoms with van der Waals surface area (Å²) in [6, 6.07) is 0. The molecule has 0 spiro atoms. The zero-order valence-corrected chi connectivity index (χ0v) is 15.9. The number of halogens is 1. The summed E-state index contributed by atoms with van der Waals surface area (Å²) in [5, 5.41) is 5.60. The molecular weight excluding hydrogens is 303 g/mol. The van der Waals surface area contributed by atoms with Crippen molar-refractivity contribution < 1.29 is 0 Å². The minimum atomic E-state index is -2.49. The van der Waals surface area contributed by atoms with Crippen LogP contribution < -0.4 is 0 Å². The second-order valence-corrected chi connectivity index (χ2v) is 22.5. The van der Waals surface area contributed by atoms with Gasteiger partial charge in [0.15, 0.2) is 0 Å². The molecule has 0 rings (SSSR count). The summed E-state index contributed by atoms with van der Waals surface area (Å²) >= 11 is -2.49. The number of hydrogen-bond acceptors (Lipinski definition) is 0. The van der Waals surface area contributed by atoms with Gasteiger partial charge in [0.2, 0.25) is 0 Å². The molecule has 0 N–H and O–H groups in total. The Labute approximate surface area is 121 Å². The van der Waals surface area contributed by atoms with Gasteiger partial charge in [0.25, 0.3) is 0 Å². The fourth-order valence-electron chi connectivity index (χ4n) is 2.88. The van der Waals surface area contributed by atoms with E-state index in [2.05, 4.69) is 27.7 Å². The molecule has 0 aromatic rings. The zero-order valence-electron chi connectivity index (χ0n) is 13.3. The van der Waals surface area contributed by atoms with E-state index >= 15 is 0 Å². The predicted octanol–water partition coefficient (Wildman–Crippen LogP) is 7.33. The molecule has 2 heteroatoms. The zero-order chi connectivity index (χ0) is 13.9. The van der Waals surface area contributed by atoms with E-state index < -0.39 is 11.5 Å². The Morgan fingerprint density at radius 1 is 0.556 bits per heavy atom. The molecule has 0 saturated carbocycles. The average molecular weight is 339 g/mol. The monoisotopic (exact) mass is 338 g/mol. The molecule has 0 atom stereocenters. The van der Waals surface area contributed by atoms with Crippen LogP contribution in [0.15, 0.2) is 0 Å². The maximum absolute atomic E-state index is 7.49. The van der Waals surface area contributed by atoms with Crippen molar-refractivity contribution >= 4 is 21.5 Å². The van der Waals surface area contributed by atoms with Gasteiger partial charge in [-0.2, -0.15) is 0 Å². The minimum absolute atomic E-state index is 1.31. The van der Waals surface area contributed by atoms with Crippen LogP contribution in [0.25, 0.3) is 0 Å². The molecule has 0 aliphatic heterocycles. The van der Waals surface area contributed by atoms with Crippen LogP contribution in [0.4, 0.5) is 0 Å². The SMILES string of the molecule is CCCC[As](Cl)(CCCC)(CCCC)CCCC. The van der Waals surface area contributed by atoms with Crippen LogP contribution >= 0.6 is 9.95 Å². The van der Waals surface area contributed by atoms with E-state index in [0.717, 1.165) is 0 Å². The molecule has 0 radical (unpaired) electrons. The van der Waals surface area contributed by atoms with Crippen LogP contribution in [-0.2, 0) is 0 Å². The summed E-state index contributed by atoms with van der Waals surface area (Å²) in [5.74, 6) is 0. The van der Waals surface area contributed by atoms with Crippen molar-refractivity contribution in [3.63, 3.8) is 0 Å².